The number of hydrogen-bond donors (Lipinski definition) is 1. The molecule has 1 N–H and O–H groups in total. The Morgan fingerprint density at radius 3 is 2.43 bits per heavy atom. The summed E-state index contributed by atoms with van der Waals surface area (Å²) in [6.45, 7) is 6.17. The molecule has 0 spiro atoms. The van der Waals surface area contributed by atoms with E-state index in [1.165, 1.54) is 10.7 Å². The van der Waals surface area contributed by atoms with Gasteiger partial charge in [-0.2, -0.15) is 5.10 Å². The minimum absolute atomic E-state index is 0.106. The Morgan fingerprint density at radius 1 is 1.00 bits per heavy atom. The minimum Gasteiger partial charge on any atom is -0.369 e. The van der Waals surface area contributed by atoms with Crippen molar-refractivity contribution in [2.75, 3.05) is 48.5 Å². The molecule has 2 aromatic carbocycles. The highest BCUT2D eigenvalue weighted by Gasteiger charge is 2.25. The van der Waals surface area contributed by atoms with Crippen molar-refractivity contribution in [1.29, 1.82) is 0 Å². The third-order valence-corrected chi connectivity index (χ3v) is 5.59. The average molecular weight is 406 g/mol. The van der Waals surface area contributed by atoms with Gasteiger partial charge in [-0.25, -0.2) is 5.01 Å². The molecule has 0 atom stereocenters. The Morgan fingerprint density at radius 2 is 1.73 bits per heavy atom. The van der Waals surface area contributed by atoms with E-state index in [-0.39, 0.29) is 18.2 Å². The van der Waals surface area contributed by atoms with Gasteiger partial charge in [0, 0.05) is 50.4 Å². The fourth-order valence-corrected chi connectivity index (χ4v) is 3.83. The number of carbonyl (C=O) groups excluding carboxylic acids is 2. The first-order valence-electron chi connectivity index (χ1n) is 10.3. The number of hydrogen-bond acceptors (Lipinski definition) is 5. The number of anilines is 3. The average Bonchev–Trinajstić information content (AvgIpc) is 2.75. The lowest BCUT2D eigenvalue weighted by atomic mass is 10.1. The lowest BCUT2D eigenvalue weighted by Gasteiger charge is -2.35. The largest absolute Gasteiger partial charge is 0.369 e. The fourth-order valence-electron chi connectivity index (χ4n) is 3.83. The first-order valence-corrected chi connectivity index (χ1v) is 10.3. The number of aryl methyl sites for hydroxylation is 1. The van der Waals surface area contributed by atoms with Crippen LogP contribution in [-0.2, 0) is 9.59 Å². The third-order valence-electron chi connectivity index (χ3n) is 5.59. The Kier molecular flexibility index (Phi) is 5.81. The molecule has 2 amide bonds. The second-order valence-electron chi connectivity index (χ2n) is 7.83. The molecule has 0 aromatic heterocycles. The molecule has 1 fully saturated rings. The van der Waals surface area contributed by atoms with Gasteiger partial charge in [0.25, 0.3) is 5.91 Å². The summed E-state index contributed by atoms with van der Waals surface area (Å²) in [6, 6.07) is 15.2. The van der Waals surface area contributed by atoms with Crippen molar-refractivity contribution in [3.05, 3.63) is 54.1 Å². The van der Waals surface area contributed by atoms with Crippen molar-refractivity contribution in [3.63, 3.8) is 0 Å². The molecule has 2 aliphatic rings. The van der Waals surface area contributed by atoms with E-state index in [4.69, 9.17) is 0 Å². The van der Waals surface area contributed by atoms with Crippen LogP contribution in [0.5, 0.6) is 0 Å². The highest BCUT2D eigenvalue weighted by molar-refractivity contribution is 6.44. The van der Waals surface area contributed by atoms with Gasteiger partial charge in [-0.1, -0.05) is 18.2 Å². The number of benzene rings is 2. The number of piperazine rings is 1. The van der Waals surface area contributed by atoms with Gasteiger partial charge in [0.1, 0.15) is 5.71 Å². The number of amides is 2. The summed E-state index contributed by atoms with van der Waals surface area (Å²) in [6.07, 6.45) is 0.606. The number of nitrogens with zero attached hydrogens (tertiary/aromatic N) is 4. The van der Waals surface area contributed by atoms with Crippen LogP contribution in [0.15, 0.2) is 53.6 Å². The predicted octanol–water partition coefficient (Wildman–Crippen LogP) is 2.87. The molecule has 156 valence electrons. The smallest absolute Gasteiger partial charge is 0.271 e. The lowest BCUT2D eigenvalue weighted by molar-refractivity contribution is -0.118. The van der Waals surface area contributed by atoms with Gasteiger partial charge in [0.05, 0.1) is 5.69 Å². The van der Waals surface area contributed by atoms with Crippen LogP contribution in [0.4, 0.5) is 17.1 Å². The van der Waals surface area contributed by atoms with Crippen LogP contribution in [0, 0.1) is 6.92 Å². The summed E-state index contributed by atoms with van der Waals surface area (Å²) >= 11 is 0. The molecular weight excluding hydrogens is 378 g/mol. The van der Waals surface area contributed by atoms with Crippen molar-refractivity contribution in [2.24, 2.45) is 5.10 Å². The van der Waals surface area contributed by atoms with Gasteiger partial charge >= 0.3 is 0 Å². The van der Waals surface area contributed by atoms with Crippen LogP contribution >= 0.6 is 0 Å². The Balaban J connectivity index is 1.47. The normalized spacial score (nSPS) is 17.7. The second kappa shape index (κ2) is 8.67. The van der Waals surface area contributed by atoms with Gasteiger partial charge in [-0.3, -0.25) is 9.59 Å². The number of carbonyl (C=O) groups is 2. The molecule has 30 heavy (non-hydrogen) atoms. The van der Waals surface area contributed by atoms with E-state index in [9.17, 15) is 9.59 Å². The van der Waals surface area contributed by atoms with Crippen LogP contribution in [-0.4, -0.2) is 55.7 Å². The number of rotatable bonds is 4. The highest BCUT2D eigenvalue weighted by atomic mass is 16.2. The molecule has 2 heterocycles. The molecule has 0 bridgehead atoms. The van der Waals surface area contributed by atoms with Gasteiger partial charge < -0.3 is 15.1 Å². The van der Waals surface area contributed by atoms with E-state index in [1.807, 2.05) is 42.5 Å². The maximum atomic E-state index is 12.8. The topological polar surface area (TPSA) is 68.2 Å². The van der Waals surface area contributed by atoms with Crippen LogP contribution < -0.4 is 15.2 Å². The molecule has 2 aliphatic heterocycles. The minimum atomic E-state index is -0.268. The fraction of sp³-hybridized carbons (Fsp3) is 0.348. The van der Waals surface area contributed by atoms with E-state index in [1.54, 1.807) is 0 Å². The Labute approximate surface area is 177 Å². The number of para-hydroxylation sites is 1. The first-order chi connectivity index (χ1) is 14.5. The Hall–Kier alpha value is -3.19. The van der Waals surface area contributed by atoms with E-state index in [0.29, 0.717) is 17.8 Å². The van der Waals surface area contributed by atoms with E-state index in [2.05, 4.69) is 40.3 Å². The van der Waals surface area contributed by atoms with E-state index < -0.39 is 0 Å². The third kappa shape index (κ3) is 4.36. The molecule has 7 heteroatoms. The molecular formula is C23H27N5O2. The standard InChI is InChI=1S/C23H27N5O2/c1-17-16-18(8-10-21(17)27-14-12-26(2)13-15-27)24-23(30)20-9-11-22(29)28(25-20)19-6-4-3-5-7-19/h3-8,10,16H,9,11-15H2,1-2H3,(H,24,30). The zero-order valence-corrected chi connectivity index (χ0v) is 17.5. The van der Waals surface area contributed by atoms with Crippen LogP contribution in [0.2, 0.25) is 0 Å². The molecule has 0 aliphatic carbocycles. The molecule has 1 saturated heterocycles. The van der Waals surface area contributed by atoms with E-state index >= 15 is 0 Å². The van der Waals surface area contributed by atoms with Crippen LogP contribution in [0.1, 0.15) is 18.4 Å². The van der Waals surface area contributed by atoms with Gasteiger partial charge in [-0.15, -0.1) is 0 Å². The zero-order chi connectivity index (χ0) is 21.1. The molecule has 4 rings (SSSR count). The van der Waals surface area contributed by atoms with E-state index in [0.717, 1.165) is 37.4 Å². The molecule has 2 aromatic rings. The summed E-state index contributed by atoms with van der Waals surface area (Å²) in [5.74, 6) is -0.375. The highest BCUT2D eigenvalue weighted by Crippen LogP contribution is 2.25. The molecule has 0 saturated carbocycles. The van der Waals surface area contributed by atoms with Crippen molar-refractivity contribution >= 4 is 34.6 Å². The molecule has 7 nitrogen and oxygen atoms in total. The second-order valence-corrected chi connectivity index (χ2v) is 7.83. The van der Waals surface area contributed by atoms with Gasteiger partial charge in [0.15, 0.2) is 0 Å². The van der Waals surface area contributed by atoms with Crippen LogP contribution in [0.25, 0.3) is 0 Å². The number of likely N-dealkylation sites (N-methyl/N-ethyl adjacent to an activating group) is 1. The SMILES string of the molecule is Cc1cc(NC(=O)C2=NN(c3ccccc3)C(=O)CC2)ccc1N1CCN(C)CC1. The zero-order valence-electron chi connectivity index (χ0n) is 17.5. The maximum absolute atomic E-state index is 12.8. The van der Waals surface area contributed by atoms with Crippen LogP contribution in [0.3, 0.4) is 0 Å². The maximum Gasteiger partial charge on any atom is 0.271 e. The quantitative estimate of drug-likeness (QED) is 0.849. The Bertz CT molecular complexity index is 965. The number of nitrogens with one attached hydrogen (secondary N) is 1. The van der Waals surface area contributed by atoms with Crippen molar-refractivity contribution in [3.8, 4) is 0 Å². The number of hydrazone groups is 1. The van der Waals surface area contributed by atoms with Gasteiger partial charge in [-0.05, 0) is 49.9 Å². The van der Waals surface area contributed by atoms with Crippen molar-refractivity contribution < 1.29 is 9.59 Å². The first kappa shape index (κ1) is 20.1. The van der Waals surface area contributed by atoms with Gasteiger partial charge in [0.2, 0.25) is 5.91 Å². The van der Waals surface area contributed by atoms with Crippen molar-refractivity contribution in [2.45, 2.75) is 19.8 Å². The molecule has 0 unspecified atom stereocenters. The van der Waals surface area contributed by atoms with Crippen molar-refractivity contribution in [1.82, 2.24) is 4.90 Å². The monoisotopic (exact) mass is 405 g/mol. The summed E-state index contributed by atoms with van der Waals surface area (Å²) < 4.78 is 0. The molecule has 0 radical (unpaired) electrons. The summed E-state index contributed by atoms with van der Waals surface area (Å²) in [4.78, 5) is 29.8. The predicted molar refractivity (Wildman–Crippen MR) is 120 cm³/mol. The lowest BCUT2D eigenvalue weighted by Crippen LogP contribution is -2.44. The summed E-state index contributed by atoms with van der Waals surface area (Å²) in [5.41, 5.74) is 4.10. The summed E-state index contributed by atoms with van der Waals surface area (Å²) in [5, 5.41) is 8.59. The summed E-state index contributed by atoms with van der Waals surface area (Å²) in [7, 11) is 2.14.